The van der Waals surface area contributed by atoms with Gasteiger partial charge in [-0.3, -0.25) is 9.52 Å². The normalized spacial score (nSPS) is 11.1. The first-order valence-corrected chi connectivity index (χ1v) is 10.9. The molecule has 0 atom stereocenters. The molecule has 2 N–H and O–H groups in total. The molecule has 146 valence electrons. The Balaban J connectivity index is 1.76. The van der Waals surface area contributed by atoms with E-state index in [1.165, 1.54) is 12.1 Å². The average molecular weight is 416 g/mol. The Morgan fingerprint density at radius 2 is 1.79 bits per heavy atom. The molecular weight excluding hydrogens is 394 g/mol. The van der Waals surface area contributed by atoms with Crippen LogP contribution in [0, 0.1) is 6.92 Å². The quantitative estimate of drug-likeness (QED) is 0.633. The van der Waals surface area contributed by atoms with Crippen molar-refractivity contribution in [3.63, 3.8) is 0 Å². The Morgan fingerprint density at radius 3 is 2.43 bits per heavy atom. The Hall–Kier alpha value is -2.84. The number of nitrogens with one attached hydrogen (secondary N) is 2. The number of hydrogen-bond donors (Lipinski definition) is 2. The van der Waals surface area contributed by atoms with Crippen molar-refractivity contribution in [3.05, 3.63) is 71.1 Å². The van der Waals surface area contributed by atoms with Crippen molar-refractivity contribution < 1.29 is 13.2 Å². The minimum atomic E-state index is -3.66. The summed E-state index contributed by atoms with van der Waals surface area (Å²) in [6.45, 7) is 1.98. The first-order valence-electron chi connectivity index (χ1n) is 8.52. The van der Waals surface area contributed by atoms with Crippen LogP contribution in [0.1, 0.15) is 15.9 Å². The van der Waals surface area contributed by atoms with Crippen LogP contribution in [0.4, 0.5) is 17.1 Å². The van der Waals surface area contributed by atoms with E-state index >= 15 is 0 Å². The molecular formula is C20H21N3O3S2. The van der Waals surface area contributed by atoms with Crippen molar-refractivity contribution >= 4 is 44.3 Å². The third-order valence-electron chi connectivity index (χ3n) is 4.07. The van der Waals surface area contributed by atoms with Gasteiger partial charge in [-0.25, -0.2) is 8.42 Å². The highest BCUT2D eigenvalue weighted by molar-refractivity contribution is 7.94. The summed E-state index contributed by atoms with van der Waals surface area (Å²) in [6.07, 6.45) is 0. The largest absolute Gasteiger partial charge is 0.377 e. The van der Waals surface area contributed by atoms with Gasteiger partial charge in [0.05, 0.1) is 0 Å². The first-order chi connectivity index (χ1) is 13.3. The van der Waals surface area contributed by atoms with Crippen molar-refractivity contribution in [2.75, 3.05) is 29.0 Å². The van der Waals surface area contributed by atoms with Crippen LogP contribution < -0.4 is 14.9 Å². The minimum absolute atomic E-state index is 0.221. The first kappa shape index (κ1) is 19.9. The van der Waals surface area contributed by atoms with E-state index in [0.29, 0.717) is 16.9 Å². The summed E-state index contributed by atoms with van der Waals surface area (Å²) in [5, 5.41) is 4.55. The molecule has 0 aliphatic rings. The van der Waals surface area contributed by atoms with E-state index in [1.807, 2.05) is 44.1 Å². The molecule has 28 heavy (non-hydrogen) atoms. The summed E-state index contributed by atoms with van der Waals surface area (Å²) in [5.41, 5.74) is 3.49. The molecule has 6 nitrogen and oxygen atoms in total. The molecule has 0 radical (unpaired) electrons. The number of thiophene rings is 1. The number of amides is 1. The molecule has 0 saturated carbocycles. The fourth-order valence-corrected chi connectivity index (χ4v) is 4.83. The summed E-state index contributed by atoms with van der Waals surface area (Å²) in [4.78, 5) is 14.6. The number of aryl methyl sites for hydroxylation is 1. The van der Waals surface area contributed by atoms with Crippen molar-refractivity contribution in [3.8, 4) is 0 Å². The van der Waals surface area contributed by atoms with E-state index in [2.05, 4.69) is 10.0 Å². The van der Waals surface area contributed by atoms with E-state index < -0.39 is 10.0 Å². The molecule has 0 aliphatic carbocycles. The van der Waals surface area contributed by atoms with Gasteiger partial charge in [0.15, 0.2) is 0 Å². The van der Waals surface area contributed by atoms with Gasteiger partial charge in [-0.2, -0.15) is 0 Å². The lowest BCUT2D eigenvalue weighted by Crippen LogP contribution is -2.15. The summed E-state index contributed by atoms with van der Waals surface area (Å²) in [5.74, 6) is -0.311. The molecule has 0 saturated heterocycles. The highest BCUT2D eigenvalue weighted by Gasteiger charge is 2.16. The van der Waals surface area contributed by atoms with Crippen LogP contribution >= 0.6 is 11.3 Å². The number of carbonyl (C=O) groups is 1. The summed E-state index contributed by atoms with van der Waals surface area (Å²) in [7, 11) is 0.266. The molecule has 3 aromatic rings. The molecule has 3 rings (SSSR count). The maximum Gasteiger partial charge on any atom is 0.271 e. The van der Waals surface area contributed by atoms with Gasteiger partial charge in [0.25, 0.3) is 15.9 Å². The number of rotatable bonds is 6. The van der Waals surface area contributed by atoms with Gasteiger partial charge in [0, 0.05) is 36.7 Å². The highest BCUT2D eigenvalue weighted by Crippen LogP contribution is 2.23. The number of carbonyl (C=O) groups excluding carboxylic acids is 1. The minimum Gasteiger partial charge on any atom is -0.377 e. The second-order valence-electron chi connectivity index (χ2n) is 6.47. The predicted molar refractivity (Wildman–Crippen MR) is 115 cm³/mol. The predicted octanol–water partition coefficient (Wildman–Crippen LogP) is 4.18. The molecule has 0 bridgehead atoms. The van der Waals surface area contributed by atoms with E-state index in [-0.39, 0.29) is 10.1 Å². The molecule has 0 spiro atoms. The second-order valence-corrected chi connectivity index (χ2v) is 9.33. The molecule has 1 amide bonds. The molecule has 0 aliphatic heterocycles. The van der Waals surface area contributed by atoms with Gasteiger partial charge >= 0.3 is 0 Å². The summed E-state index contributed by atoms with van der Waals surface area (Å²) >= 11 is 1.13. The van der Waals surface area contributed by atoms with Gasteiger partial charge in [-0.1, -0.05) is 12.1 Å². The van der Waals surface area contributed by atoms with Crippen molar-refractivity contribution in [2.24, 2.45) is 0 Å². The van der Waals surface area contributed by atoms with Crippen LogP contribution in [0.3, 0.4) is 0 Å². The maximum atomic E-state index is 12.6. The van der Waals surface area contributed by atoms with Crippen molar-refractivity contribution in [1.29, 1.82) is 0 Å². The smallest absolute Gasteiger partial charge is 0.271 e. The van der Waals surface area contributed by atoms with E-state index in [4.69, 9.17) is 0 Å². The van der Waals surface area contributed by atoms with E-state index in [1.54, 1.807) is 29.6 Å². The van der Waals surface area contributed by atoms with Gasteiger partial charge in [0.1, 0.15) is 4.21 Å². The Morgan fingerprint density at radius 1 is 1.00 bits per heavy atom. The SMILES string of the molecule is Cc1cc(NC(=O)c2cccc(NS(=O)(=O)c3cccs3)c2)ccc1N(C)C. The zero-order chi connectivity index (χ0) is 20.3. The number of sulfonamides is 1. The maximum absolute atomic E-state index is 12.6. The lowest BCUT2D eigenvalue weighted by atomic mass is 10.1. The van der Waals surface area contributed by atoms with E-state index in [0.717, 1.165) is 22.6 Å². The van der Waals surface area contributed by atoms with E-state index in [9.17, 15) is 13.2 Å². The molecule has 2 aromatic carbocycles. The number of hydrogen-bond acceptors (Lipinski definition) is 5. The zero-order valence-corrected chi connectivity index (χ0v) is 17.4. The van der Waals surface area contributed by atoms with Crippen LogP contribution in [-0.4, -0.2) is 28.4 Å². The standard InChI is InChI=1S/C20H21N3O3S2/c1-14-12-16(9-10-18(14)23(2)3)21-20(24)15-6-4-7-17(13-15)22-28(25,26)19-8-5-11-27-19/h4-13,22H,1-3H3,(H,21,24). The molecule has 8 heteroatoms. The topological polar surface area (TPSA) is 78.5 Å². The average Bonchev–Trinajstić information content (AvgIpc) is 3.17. The van der Waals surface area contributed by atoms with Gasteiger partial charge in [-0.05, 0) is 60.3 Å². The van der Waals surface area contributed by atoms with Gasteiger partial charge in [0.2, 0.25) is 0 Å². The zero-order valence-electron chi connectivity index (χ0n) is 15.8. The highest BCUT2D eigenvalue weighted by atomic mass is 32.2. The number of nitrogens with zero attached hydrogens (tertiary/aromatic N) is 1. The monoisotopic (exact) mass is 415 g/mol. The fourth-order valence-electron chi connectivity index (χ4n) is 2.78. The fraction of sp³-hybridized carbons (Fsp3) is 0.150. The van der Waals surface area contributed by atoms with Gasteiger partial charge < -0.3 is 10.2 Å². The lowest BCUT2D eigenvalue weighted by Gasteiger charge is -2.16. The third kappa shape index (κ3) is 4.52. The molecule has 1 aromatic heterocycles. The molecule has 0 unspecified atom stereocenters. The van der Waals surface area contributed by atoms with Crippen LogP contribution in [-0.2, 0) is 10.0 Å². The Kier molecular flexibility index (Phi) is 5.71. The Labute approximate surface area is 168 Å². The van der Waals surface area contributed by atoms with Crippen LogP contribution in [0.5, 0.6) is 0 Å². The lowest BCUT2D eigenvalue weighted by molar-refractivity contribution is 0.102. The van der Waals surface area contributed by atoms with Crippen molar-refractivity contribution in [1.82, 2.24) is 0 Å². The third-order valence-corrected chi connectivity index (χ3v) is 6.85. The van der Waals surface area contributed by atoms with Crippen LogP contribution in [0.2, 0.25) is 0 Å². The van der Waals surface area contributed by atoms with Crippen molar-refractivity contribution in [2.45, 2.75) is 11.1 Å². The Bertz CT molecular complexity index is 1090. The summed E-state index contributed by atoms with van der Waals surface area (Å²) in [6, 6.07) is 15.3. The number of benzene rings is 2. The second kappa shape index (κ2) is 8.04. The van der Waals surface area contributed by atoms with Crippen LogP contribution in [0.25, 0.3) is 0 Å². The number of anilines is 3. The molecule has 1 heterocycles. The van der Waals surface area contributed by atoms with Gasteiger partial charge in [-0.15, -0.1) is 11.3 Å². The molecule has 0 fully saturated rings. The van der Waals surface area contributed by atoms with Crippen LogP contribution in [0.15, 0.2) is 64.2 Å². The summed E-state index contributed by atoms with van der Waals surface area (Å²) < 4.78 is 27.4.